The van der Waals surface area contributed by atoms with E-state index in [1.807, 2.05) is 37.4 Å². The van der Waals surface area contributed by atoms with Gasteiger partial charge in [0.05, 0.1) is 6.04 Å². The summed E-state index contributed by atoms with van der Waals surface area (Å²) >= 11 is 0. The molecule has 1 aromatic heterocycles. The molecule has 0 spiro atoms. The number of piperazine rings is 1. The van der Waals surface area contributed by atoms with Crippen molar-refractivity contribution < 1.29 is 8.42 Å². The predicted octanol–water partition coefficient (Wildman–Crippen LogP) is 0.183. The minimum atomic E-state index is -4.06. The standard InChI is InChI=1S/C17H22N4O4S.ClH/c1-18-9-10-21(14(11-18)13-7-5-4-6-8-13)26(24,25)15-12-19(2)17(23)20(3)16(15)22;/h4-8,12,14H,9-11H2,1-3H3;1H. The maximum absolute atomic E-state index is 13.3. The van der Waals surface area contributed by atoms with Crippen molar-refractivity contribution in [1.82, 2.24) is 18.3 Å². The molecule has 1 aliphatic rings. The summed E-state index contributed by atoms with van der Waals surface area (Å²) in [6.45, 7) is 1.36. The molecular formula is C17H23ClN4O4S. The van der Waals surface area contributed by atoms with Crippen LogP contribution in [0.15, 0.2) is 51.0 Å². The van der Waals surface area contributed by atoms with Crippen molar-refractivity contribution in [3.8, 4) is 0 Å². The van der Waals surface area contributed by atoms with Gasteiger partial charge in [-0.25, -0.2) is 13.2 Å². The minimum Gasteiger partial charge on any atom is -0.303 e. The molecule has 1 fully saturated rings. The Morgan fingerprint density at radius 2 is 1.63 bits per heavy atom. The first kappa shape index (κ1) is 21.4. The molecule has 0 bridgehead atoms. The van der Waals surface area contributed by atoms with Gasteiger partial charge in [0.2, 0.25) is 0 Å². The Labute approximate surface area is 164 Å². The van der Waals surface area contributed by atoms with Gasteiger partial charge in [0.1, 0.15) is 0 Å². The van der Waals surface area contributed by atoms with Gasteiger partial charge >= 0.3 is 5.69 Å². The molecule has 1 saturated heterocycles. The fraction of sp³-hybridized carbons (Fsp3) is 0.412. The predicted molar refractivity (Wildman–Crippen MR) is 105 cm³/mol. The molecule has 148 valence electrons. The number of nitrogens with zero attached hydrogens (tertiary/aromatic N) is 4. The van der Waals surface area contributed by atoms with Crippen molar-refractivity contribution in [3.63, 3.8) is 0 Å². The van der Waals surface area contributed by atoms with E-state index in [4.69, 9.17) is 0 Å². The van der Waals surface area contributed by atoms with Crippen LogP contribution in [-0.4, -0.2) is 53.4 Å². The summed E-state index contributed by atoms with van der Waals surface area (Å²) in [4.78, 5) is 26.0. The lowest BCUT2D eigenvalue weighted by Gasteiger charge is -2.39. The van der Waals surface area contributed by atoms with Gasteiger partial charge in [-0.05, 0) is 12.6 Å². The second-order valence-electron chi connectivity index (χ2n) is 6.56. The molecular weight excluding hydrogens is 392 g/mol. The summed E-state index contributed by atoms with van der Waals surface area (Å²) in [7, 11) is 0.584. The number of rotatable bonds is 3. The van der Waals surface area contributed by atoms with Crippen LogP contribution in [0.2, 0.25) is 0 Å². The number of aromatic nitrogens is 2. The highest BCUT2D eigenvalue weighted by Crippen LogP contribution is 2.29. The Morgan fingerprint density at radius 3 is 2.26 bits per heavy atom. The molecule has 2 aromatic rings. The Morgan fingerprint density at radius 1 is 1.00 bits per heavy atom. The number of hydrogen-bond donors (Lipinski definition) is 0. The van der Waals surface area contributed by atoms with Gasteiger partial charge in [-0.2, -0.15) is 4.31 Å². The van der Waals surface area contributed by atoms with E-state index in [-0.39, 0.29) is 23.8 Å². The van der Waals surface area contributed by atoms with Crippen LogP contribution in [0, 0.1) is 0 Å². The van der Waals surface area contributed by atoms with E-state index in [0.29, 0.717) is 13.1 Å². The minimum absolute atomic E-state index is 0. The lowest BCUT2D eigenvalue weighted by Crippen LogP contribution is -2.51. The van der Waals surface area contributed by atoms with Crippen molar-refractivity contribution in [2.45, 2.75) is 10.9 Å². The normalized spacial score (nSPS) is 18.9. The summed E-state index contributed by atoms with van der Waals surface area (Å²) in [5.41, 5.74) is -0.505. The zero-order valence-electron chi connectivity index (χ0n) is 15.4. The summed E-state index contributed by atoms with van der Waals surface area (Å²) in [5.74, 6) is 0. The highest BCUT2D eigenvalue weighted by atomic mass is 35.5. The van der Waals surface area contributed by atoms with E-state index in [1.165, 1.54) is 18.4 Å². The summed E-state index contributed by atoms with van der Waals surface area (Å²) in [6.07, 6.45) is 1.11. The molecule has 0 N–H and O–H groups in total. The second kappa shape index (κ2) is 7.97. The van der Waals surface area contributed by atoms with Gasteiger partial charge in [-0.3, -0.25) is 9.36 Å². The maximum Gasteiger partial charge on any atom is 0.330 e. The third-order valence-corrected chi connectivity index (χ3v) is 6.61. The topological polar surface area (TPSA) is 84.6 Å². The maximum atomic E-state index is 13.3. The SMILES string of the molecule is CN1CCN(S(=O)(=O)c2cn(C)c(=O)n(C)c2=O)C(c2ccccc2)C1.Cl. The van der Waals surface area contributed by atoms with Gasteiger partial charge in [0.15, 0.2) is 4.90 Å². The molecule has 1 unspecified atom stereocenters. The number of benzene rings is 1. The van der Waals surface area contributed by atoms with Crippen LogP contribution in [0.4, 0.5) is 0 Å². The van der Waals surface area contributed by atoms with Crippen molar-refractivity contribution in [2.24, 2.45) is 14.1 Å². The van der Waals surface area contributed by atoms with Crippen LogP contribution in [0.1, 0.15) is 11.6 Å². The van der Waals surface area contributed by atoms with E-state index in [9.17, 15) is 18.0 Å². The first-order valence-electron chi connectivity index (χ1n) is 8.25. The first-order chi connectivity index (χ1) is 12.2. The number of hydrogen-bond acceptors (Lipinski definition) is 5. The monoisotopic (exact) mass is 414 g/mol. The van der Waals surface area contributed by atoms with Crippen LogP contribution >= 0.6 is 12.4 Å². The first-order valence-corrected chi connectivity index (χ1v) is 9.69. The zero-order chi connectivity index (χ0) is 19.1. The fourth-order valence-corrected chi connectivity index (χ4v) is 4.96. The van der Waals surface area contributed by atoms with E-state index in [0.717, 1.165) is 20.9 Å². The fourth-order valence-electron chi connectivity index (χ4n) is 3.22. The Balaban J connectivity index is 0.00000261. The smallest absolute Gasteiger partial charge is 0.303 e. The molecule has 27 heavy (non-hydrogen) atoms. The van der Waals surface area contributed by atoms with Crippen LogP contribution in [0.3, 0.4) is 0 Å². The molecule has 3 rings (SSSR count). The molecule has 0 aliphatic carbocycles. The average molecular weight is 415 g/mol. The van der Waals surface area contributed by atoms with Gasteiger partial charge in [-0.15, -0.1) is 12.4 Å². The summed E-state index contributed by atoms with van der Waals surface area (Å²) < 4.78 is 29.9. The van der Waals surface area contributed by atoms with Gasteiger partial charge in [0, 0.05) is 39.9 Å². The number of aryl methyl sites for hydroxylation is 1. The van der Waals surface area contributed by atoms with E-state index >= 15 is 0 Å². The van der Waals surface area contributed by atoms with Gasteiger partial charge in [-0.1, -0.05) is 30.3 Å². The lowest BCUT2D eigenvalue weighted by molar-refractivity contribution is 0.160. The van der Waals surface area contributed by atoms with Crippen molar-refractivity contribution in [2.75, 3.05) is 26.7 Å². The van der Waals surface area contributed by atoms with Crippen LogP contribution < -0.4 is 11.2 Å². The molecule has 10 heteroatoms. The quantitative estimate of drug-likeness (QED) is 0.715. The highest BCUT2D eigenvalue weighted by molar-refractivity contribution is 7.89. The summed E-state index contributed by atoms with van der Waals surface area (Å²) in [5, 5.41) is 0. The van der Waals surface area contributed by atoms with Crippen molar-refractivity contribution in [3.05, 3.63) is 62.9 Å². The van der Waals surface area contributed by atoms with Crippen LogP contribution in [0.25, 0.3) is 0 Å². The van der Waals surface area contributed by atoms with E-state index < -0.39 is 27.3 Å². The molecule has 0 radical (unpaired) electrons. The molecule has 1 aliphatic heterocycles. The van der Waals surface area contributed by atoms with Gasteiger partial charge < -0.3 is 9.47 Å². The van der Waals surface area contributed by atoms with Gasteiger partial charge in [0.25, 0.3) is 15.6 Å². The third-order valence-electron chi connectivity index (χ3n) is 4.72. The highest BCUT2D eigenvalue weighted by Gasteiger charge is 2.38. The van der Waals surface area contributed by atoms with Crippen LogP contribution in [-0.2, 0) is 24.1 Å². The molecule has 1 aromatic carbocycles. The molecule has 1 atom stereocenters. The second-order valence-corrected chi connectivity index (χ2v) is 8.41. The molecule has 0 saturated carbocycles. The number of likely N-dealkylation sites (N-methyl/N-ethyl adjacent to an activating group) is 1. The van der Waals surface area contributed by atoms with Crippen molar-refractivity contribution in [1.29, 1.82) is 0 Å². The van der Waals surface area contributed by atoms with Crippen LogP contribution in [0.5, 0.6) is 0 Å². The Hall–Kier alpha value is -1.94. The molecule has 2 heterocycles. The van der Waals surface area contributed by atoms with Crippen molar-refractivity contribution >= 4 is 22.4 Å². The lowest BCUT2D eigenvalue weighted by atomic mass is 10.1. The molecule has 8 nitrogen and oxygen atoms in total. The van der Waals surface area contributed by atoms with E-state index in [1.54, 1.807) is 0 Å². The average Bonchev–Trinajstić information content (AvgIpc) is 2.63. The zero-order valence-corrected chi connectivity index (χ0v) is 17.0. The Bertz CT molecular complexity index is 1030. The number of sulfonamides is 1. The van der Waals surface area contributed by atoms with E-state index in [2.05, 4.69) is 4.90 Å². The summed E-state index contributed by atoms with van der Waals surface area (Å²) in [6, 6.07) is 8.95. The number of halogens is 1. The third kappa shape index (κ3) is 3.86. The largest absolute Gasteiger partial charge is 0.330 e. The Kier molecular flexibility index (Phi) is 6.31. The molecule has 0 amide bonds.